The summed E-state index contributed by atoms with van der Waals surface area (Å²) in [6, 6.07) is 16.2. The van der Waals surface area contributed by atoms with E-state index in [9.17, 15) is 4.79 Å². The molecule has 0 aliphatic rings. The van der Waals surface area contributed by atoms with Crippen LogP contribution < -0.4 is 5.32 Å². The summed E-state index contributed by atoms with van der Waals surface area (Å²) < 4.78 is 0.932. The van der Waals surface area contributed by atoms with E-state index in [-0.39, 0.29) is 5.71 Å². The Hall–Kier alpha value is -2.47. The molecule has 2 aromatic carbocycles. The Bertz CT molecular complexity index is 710. The molecule has 0 saturated heterocycles. The largest absolute Gasteiger partial charge is 0.410 e. The number of carbonyl (C=O) groups excluding carboxylic acids is 1. The minimum atomic E-state index is -0.521. The van der Waals surface area contributed by atoms with Crippen molar-refractivity contribution in [2.45, 2.75) is 6.92 Å². The fraction of sp³-hybridized carbons (Fsp3) is 0.0625. The van der Waals surface area contributed by atoms with Crippen molar-refractivity contribution in [3.8, 4) is 0 Å². The number of aliphatic imine (C=N–C) groups is 1. The van der Waals surface area contributed by atoms with Gasteiger partial charge in [0.1, 0.15) is 0 Å². The van der Waals surface area contributed by atoms with Crippen LogP contribution in [-0.2, 0) is 4.79 Å². The van der Waals surface area contributed by atoms with Crippen LogP contribution in [-0.4, -0.2) is 22.5 Å². The van der Waals surface area contributed by atoms with Crippen molar-refractivity contribution in [3.05, 3.63) is 59.1 Å². The number of benzene rings is 2. The fourth-order valence-corrected chi connectivity index (χ4v) is 2.02. The molecular formula is C16H14BrN3O2. The van der Waals surface area contributed by atoms with Crippen LogP contribution in [0.25, 0.3) is 0 Å². The average Bonchev–Trinajstić information content (AvgIpc) is 2.51. The molecule has 5 nitrogen and oxygen atoms in total. The molecule has 0 fully saturated rings. The van der Waals surface area contributed by atoms with Crippen LogP contribution in [0.4, 0.5) is 11.4 Å². The second kappa shape index (κ2) is 7.51. The molecule has 112 valence electrons. The van der Waals surface area contributed by atoms with E-state index in [1.54, 1.807) is 43.3 Å². The number of amides is 1. The molecule has 2 N–H and O–H groups in total. The van der Waals surface area contributed by atoms with E-state index in [1.165, 1.54) is 0 Å². The van der Waals surface area contributed by atoms with Crippen LogP contribution >= 0.6 is 15.9 Å². The maximum absolute atomic E-state index is 12.1. The molecule has 0 aliphatic heterocycles. The zero-order valence-electron chi connectivity index (χ0n) is 11.8. The van der Waals surface area contributed by atoms with Crippen molar-refractivity contribution in [1.29, 1.82) is 0 Å². The first kappa shape index (κ1) is 15.9. The molecule has 0 atom stereocenters. The quantitative estimate of drug-likeness (QED) is 0.491. The van der Waals surface area contributed by atoms with Gasteiger partial charge in [0.05, 0.1) is 11.4 Å². The number of halogens is 1. The Kier molecular flexibility index (Phi) is 5.43. The van der Waals surface area contributed by atoms with Gasteiger partial charge in [0, 0.05) is 10.2 Å². The van der Waals surface area contributed by atoms with E-state index in [1.807, 2.05) is 18.2 Å². The van der Waals surface area contributed by atoms with Gasteiger partial charge in [-0.05, 0) is 43.3 Å². The zero-order valence-corrected chi connectivity index (χ0v) is 13.4. The van der Waals surface area contributed by atoms with E-state index in [0.717, 1.165) is 4.47 Å². The van der Waals surface area contributed by atoms with Crippen molar-refractivity contribution in [3.63, 3.8) is 0 Å². The number of carbonyl (C=O) groups is 1. The SMILES string of the molecule is CC(=Nc1ccc(Br)cc1)/C(=N/O)C(=O)Nc1ccccc1. The maximum atomic E-state index is 12.1. The van der Waals surface area contributed by atoms with Crippen LogP contribution in [0.5, 0.6) is 0 Å². The Morgan fingerprint density at radius 3 is 2.32 bits per heavy atom. The monoisotopic (exact) mass is 359 g/mol. The summed E-state index contributed by atoms with van der Waals surface area (Å²) in [6.07, 6.45) is 0. The number of nitrogens with zero attached hydrogens (tertiary/aromatic N) is 2. The Morgan fingerprint density at radius 1 is 1.09 bits per heavy atom. The van der Waals surface area contributed by atoms with Crippen LogP contribution in [0, 0.1) is 0 Å². The standard InChI is InChI=1S/C16H14BrN3O2/c1-11(18-14-9-7-12(17)8-10-14)15(20-22)16(21)19-13-5-3-2-4-6-13/h2-10,22H,1H3,(H,19,21)/b18-11?,20-15-. The number of para-hydroxylation sites is 1. The highest BCUT2D eigenvalue weighted by molar-refractivity contribution is 9.10. The summed E-state index contributed by atoms with van der Waals surface area (Å²) in [5.41, 5.74) is 1.46. The normalized spacial score (nSPS) is 12.1. The molecular weight excluding hydrogens is 346 g/mol. The highest BCUT2D eigenvalue weighted by atomic mass is 79.9. The minimum absolute atomic E-state index is 0.133. The van der Waals surface area contributed by atoms with E-state index in [2.05, 4.69) is 31.4 Å². The van der Waals surface area contributed by atoms with E-state index in [0.29, 0.717) is 17.1 Å². The number of rotatable bonds is 4. The molecule has 0 radical (unpaired) electrons. The van der Waals surface area contributed by atoms with E-state index in [4.69, 9.17) is 5.21 Å². The summed E-state index contributed by atoms with van der Waals surface area (Å²) in [5, 5.41) is 14.8. The molecule has 2 rings (SSSR count). The Morgan fingerprint density at radius 2 is 1.73 bits per heavy atom. The van der Waals surface area contributed by atoms with Gasteiger partial charge in [0.25, 0.3) is 5.91 Å². The molecule has 0 aliphatic carbocycles. The fourth-order valence-electron chi connectivity index (χ4n) is 1.76. The van der Waals surface area contributed by atoms with Gasteiger partial charge in [-0.1, -0.05) is 39.3 Å². The summed E-state index contributed by atoms with van der Waals surface area (Å²) in [6.45, 7) is 1.61. The molecule has 0 spiro atoms. The lowest BCUT2D eigenvalue weighted by molar-refractivity contribution is -0.110. The first-order valence-corrected chi connectivity index (χ1v) is 7.29. The van der Waals surface area contributed by atoms with Crippen molar-refractivity contribution >= 4 is 44.6 Å². The summed E-state index contributed by atoms with van der Waals surface area (Å²) in [4.78, 5) is 16.4. The van der Waals surface area contributed by atoms with Crippen molar-refractivity contribution in [2.24, 2.45) is 10.1 Å². The Balaban J connectivity index is 2.16. The van der Waals surface area contributed by atoms with Crippen LogP contribution in [0.1, 0.15) is 6.92 Å². The van der Waals surface area contributed by atoms with Gasteiger partial charge in [-0.3, -0.25) is 9.79 Å². The van der Waals surface area contributed by atoms with Gasteiger partial charge >= 0.3 is 0 Å². The van der Waals surface area contributed by atoms with Crippen LogP contribution in [0.2, 0.25) is 0 Å². The van der Waals surface area contributed by atoms with Crippen LogP contribution in [0.3, 0.4) is 0 Å². The predicted molar refractivity (Wildman–Crippen MR) is 91.2 cm³/mol. The molecule has 0 heterocycles. The average molecular weight is 360 g/mol. The zero-order chi connectivity index (χ0) is 15.9. The third-order valence-electron chi connectivity index (χ3n) is 2.81. The van der Waals surface area contributed by atoms with Gasteiger partial charge < -0.3 is 10.5 Å². The second-order valence-corrected chi connectivity index (χ2v) is 5.36. The molecule has 2 aromatic rings. The van der Waals surface area contributed by atoms with Gasteiger partial charge in [0.15, 0.2) is 5.71 Å². The lowest BCUT2D eigenvalue weighted by atomic mass is 10.2. The Labute approximate surface area is 136 Å². The molecule has 22 heavy (non-hydrogen) atoms. The van der Waals surface area contributed by atoms with Gasteiger partial charge in [-0.25, -0.2) is 0 Å². The third kappa shape index (κ3) is 4.26. The summed E-state index contributed by atoms with van der Waals surface area (Å²) in [5.74, 6) is -0.521. The smallest absolute Gasteiger partial charge is 0.279 e. The number of anilines is 1. The van der Waals surface area contributed by atoms with Crippen molar-refractivity contribution in [2.75, 3.05) is 5.32 Å². The first-order valence-electron chi connectivity index (χ1n) is 6.50. The molecule has 0 unspecified atom stereocenters. The summed E-state index contributed by atoms with van der Waals surface area (Å²) in [7, 11) is 0. The summed E-state index contributed by atoms with van der Waals surface area (Å²) >= 11 is 3.34. The first-order chi connectivity index (χ1) is 10.6. The number of nitrogens with one attached hydrogen (secondary N) is 1. The number of hydrogen-bond acceptors (Lipinski definition) is 4. The van der Waals surface area contributed by atoms with Crippen molar-refractivity contribution in [1.82, 2.24) is 0 Å². The van der Waals surface area contributed by atoms with Crippen molar-refractivity contribution < 1.29 is 10.0 Å². The molecule has 0 saturated carbocycles. The highest BCUT2D eigenvalue weighted by Crippen LogP contribution is 2.17. The molecule has 0 bridgehead atoms. The molecule has 6 heteroatoms. The topological polar surface area (TPSA) is 74.0 Å². The van der Waals surface area contributed by atoms with E-state index < -0.39 is 5.91 Å². The number of hydrogen-bond donors (Lipinski definition) is 2. The van der Waals surface area contributed by atoms with Gasteiger partial charge in [0.2, 0.25) is 0 Å². The van der Waals surface area contributed by atoms with Gasteiger partial charge in [-0.15, -0.1) is 0 Å². The lowest BCUT2D eigenvalue weighted by Crippen LogP contribution is -2.28. The maximum Gasteiger partial charge on any atom is 0.279 e. The van der Waals surface area contributed by atoms with E-state index >= 15 is 0 Å². The van der Waals surface area contributed by atoms with Gasteiger partial charge in [-0.2, -0.15) is 0 Å². The van der Waals surface area contributed by atoms with Crippen LogP contribution in [0.15, 0.2) is 69.2 Å². The molecule has 0 aromatic heterocycles. The number of oxime groups is 1. The highest BCUT2D eigenvalue weighted by Gasteiger charge is 2.16. The third-order valence-corrected chi connectivity index (χ3v) is 3.34. The second-order valence-electron chi connectivity index (χ2n) is 4.44. The molecule has 1 amide bonds. The minimum Gasteiger partial charge on any atom is -0.410 e. The lowest BCUT2D eigenvalue weighted by Gasteiger charge is -2.06. The predicted octanol–water partition coefficient (Wildman–Crippen LogP) is 4.01.